The van der Waals surface area contributed by atoms with Crippen molar-refractivity contribution in [2.45, 2.75) is 30.3 Å². The molecule has 0 amide bonds. The van der Waals surface area contributed by atoms with Gasteiger partial charge in [-0.3, -0.25) is 4.90 Å². The van der Waals surface area contributed by atoms with Crippen molar-refractivity contribution in [3.05, 3.63) is 48.3 Å². The van der Waals surface area contributed by atoms with Crippen LogP contribution in [-0.4, -0.2) is 42.4 Å². The first kappa shape index (κ1) is 16.8. The Morgan fingerprint density at radius 3 is 2.38 bits per heavy atom. The molecule has 0 spiro atoms. The molecule has 3 N–H and O–H groups in total. The molecule has 1 aromatic heterocycles. The maximum Gasteiger partial charge on any atom is 0.243 e. The molecule has 1 fully saturated rings. The van der Waals surface area contributed by atoms with Crippen LogP contribution in [0.5, 0.6) is 0 Å². The van der Waals surface area contributed by atoms with E-state index >= 15 is 0 Å². The molecule has 7 nitrogen and oxygen atoms in total. The van der Waals surface area contributed by atoms with Crippen LogP contribution in [0.25, 0.3) is 0 Å². The van der Waals surface area contributed by atoms with Gasteiger partial charge in [-0.25, -0.2) is 23.1 Å². The minimum Gasteiger partial charge on any atom is -0.368 e. The summed E-state index contributed by atoms with van der Waals surface area (Å²) in [6.07, 6.45) is 4.02. The molecule has 0 radical (unpaired) electrons. The number of nitrogens with one attached hydrogen (secondary N) is 1. The Morgan fingerprint density at radius 1 is 1.12 bits per heavy atom. The van der Waals surface area contributed by atoms with Crippen LogP contribution in [0.3, 0.4) is 0 Å². The van der Waals surface area contributed by atoms with Crippen molar-refractivity contribution in [1.29, 1.82) is 0 Å². The van der Waals surface area contributed by atoms with E-state index in [0.29, 0.717) is 0 Å². The molecule has 2 aromatic rings. The second-order valence-corrected chi connectivity index (χ2v) is 7.65. The second kappa shape index (κ2) is 7.25. The smallest absolute Gasteiger partial charge is 0.243 e. The lowest BCUT2D eigenvalue weighted by Gasteiger charge is -2.32. The van der Waals surface area contributed by atoms with Gasteiger partial charge in [0, 0.05) is 25.7 Å². The highest BCUT2D eigenvalue weighted by Crippen LogP contribution is 2.16. The molecule has 8 heteroatoms. The van der Waals surface area contributed by atoms with Gasteiger partial charge in [0.25, 0.3) is 0 Å². The molecule has 1 aromatic carbocycles. The SMILES string of the molecule is Nc1ncc(S(=O)(=O)NC2CCN(Cc3ccccc3)CC2)cn1. The lowest BCUT2D eigenvalue weighted by molar-refractivity contribution is 0.200. The van der Waals surface area contributed by atoms with Gasteiger partial charge in [-0.2, -0.15) is 0 Å². The topological polar surface area (TPSA) is 101 Å². The van der Waals surface area contributed by atoms with Crippen LogP contribution < -0.4 is 10.5 Å². The zero-order chi connectivity index (χ0) is 17.0. The quantitative estimate of drug-likeness (QED) is 0.837. The third-order valence-electron chi connectivity index (χ3n) is 4.12. The molecule has 1 saturated heterocycles. The molecule has 0 saturated carbocycles. The van der Waals surface area contributed by atoms with Crippen LogP contribution in [0.4, 0.5) is 5.95 Å². The summed E-state index contributed by atoms with van der Waals surface area (Å²) >= 11 is 0. The zero-order valence-electron chi connectivity index (χ0n) is 13.3. The van der Waals surface area contributed by atoms with Crippen molar-refractivity contribution in [2.75, 3.05) is 18.8 Å². The third-order valence-corrected chi connectivity index (χ3v) is 5.59. The number of likely N-dealkylation sites (tertiary alicyclic amines) is 1. The minimum atomic E-state index is -3.60. The molecule has 24 heavy (non-hydrogen) atoms. The van der Waals surface area contributed by atoms with Gasteiger partial charge in [-0.05, 0) is 18.4 Å². The van der Waals surface area contributed by atoms with Crippen molar-refractivity contribution < 1.29 is 8.42 Å². The van der Waals surface area contributed by atoms with Crippen LogP contribution in [0, 0.1) is 0 Å². The Morgan fingerprint density at radius 2 is 1.75 bits per heavy atom. The summed E-state index contributed by atoms with van der Waals surface area (Å²) in [6.45, 7) is 2.62. The summed E-state index contributed by atoms with van der Waals surface area (Å²) in [5, 5.41) is 0. The molecule has 1 aliphatic heterocycles. The second-order valence-electron chi connectivity index (χ2n) is 5.93. The fourth-order valence-electron chi connectivity index (χ4n) is 2.80. The number of aromatic nitrogens is 2. The number of hydrogen-bond donors (Lipinski definition) is 2. The lowest BCUT2D eigenvalue weighted by atomic mass is 10.1. The number of nitrogens with zero attached hydrogens (tertiary/aromatic N) is 3. The molecular formula is C16H21N5O2S. The van der Waals surface area contributed by atoms with Crippen molar-refractivity contribution in [1.82, 2.24) is 19.6 Å². The van der Waals surface area contributed by atoms with Crippen molar-refractivity contribution in [2.24, 2.45) is 0 Å². The van der Waals surface area contributed by atoms with Gasteiger partial charge in [-0.15, -0.1) is 0 Å². The van der Waals surface area contributed by atoms with E-state index < -0.39 is 10.0 Å². The summed E-state index contributed by atoms with van der Waals surface area (Å²) in [6, 6.07) is 10.2. The molecular weight excluding hydrogens is 326 g/mol. The number of nitrogen functional groups attached to an aromatic ring is 1. The molecule has 0 atom stereocenters. The Hall–Kier alpha value is -2.03. The molecule has 3 rings (SSSR count). The Labute approximate surface area is 142 Å². The summed E-state index contributed by atoms with van der Waals surface area (Å²) in [4.78, 5) is 9.86. The van der Waals surface area contributed by atoms with Gasteiger partial charge in [0.1, 0.15) is 4.90 Å². The van der Waals surface area contributed by atoms with Gasteiger partial charge in [0.2, 0.25) is 16.0 Å². The van der Waals surface area contributed by atoms with E-state index in [2.05, 4.69) is 31.7 Å². The number of nitrogens with two attached hydrogens (primary N) is 1. The van der Waals surface area contributed by atoms with E-state index in [4.69, 9.17) is 5.73 Å². The number of anilines is 1. The highest BCUT2D eigenvalue weighted by atomic mass is 32.2. The fourth-order valence-corrected chi connectivity index (χ4v) is 4.00. The highest BCUT2D eigenvalue weighted by Gasteiger charge is 2.25. The molecule has 2 heterocycles. The first-order valence-corrected chi connectivity index (χ1v) is 9.37. The zero-order valence-corrected chi connectivity index (χ0v) is 14.1. The maximum atomic E-state index is 12.3. The standard InChI is InChI=1S/C16H21N5O2S/c17-16-18-10-15(11-19-16)24(22,23)20-14-6-8-21(9-7-14)12-13-4-2-1-3-5-13/h1-5,10-11,14,20H,6-9,12H2,(H2,17,18,19). The Kier molecular flexibility index (Phi) is 5.08. The van der Waals surface area contributed by atoms with E-state index in [1.54, 1.807) is 0 Å². The minimum absolute atomic E-state index is 0.0448. The van der Waals surface area contributed by atoms with E-state index in [-0.39, 0.29) is 16.9 Å². The predicted molar refractivity (Wildman–Crippen MR) is 91.5 cm³/mol. The fraction of sp³-hybridized carbons (Fsp3) is 0.375. The lowest BCUT2D eigenvalue weighted by Crippen LogP contribution is -2.44. The largest absolute Gasteiger partial charge is 0.368 e. The Balaban J connectivity index is 1.54. The van der Waals surface area contributed by atoms with Gasteiger partial charge >= 0.3 is 0 Å². The Bertz CT molecular complexity index is 757. The number of hydrogen-bond acceptors (Lipinski definition) is 6. The first-order chi connectivity index (χ1) is 11.5. The van der Waals surface area contributed by atoms with Gasteiger partial charge < -0.3 is 5.73 Å². The van der Waals surface area contributed by atoms with Crippen LogP contribution >= 0.6 is 0 Å². The maximum absolute atomic E-state index is 12.3. The van der Waals surface area contributed by atoms with Gasteiger partial charge in [0.15, 0.2) is 0 Å². The molecule has 0 aliphatic carbocycles. The van der Waals surface area contributed by atoms with Crippen molar-refractivity contribution in [3.8, 4) is 0 Å². The van der Waals surface area contributed by atoms with Crippen LogP contribution in [0.15, 0.2) is 47.6 Å². The van der Waals surface area contributed by atoms with Crippen molar-refractivity contribution in [3.63, 3.8) is 0 Å². The van der Waals surface area contributed by atoms with E-state index in [0.717, 1.165) is 32.5 Å². The average Bonchev–Trinajstić information content (AvgIpc) is 2.58. The predicted octanol–water partition coefficient (Wildman–Crippen LogP) is 1.00. The summed E-state index contributed by atoms with van der Waals surface area (Å²) in [5.74, 6) is 0.0585. The van der Waals surface area contributed by atoms with Crippen molar-refractivity contribution >= 4 is 16.0 Å². The summed E-state index contributed by atoms with van der Waals surface area (Å²) in [7, 11) is -3.60. The monoisotopic (exact) mass is 347 g/mol. The molecule has 1 aliphatic rings. The van der Waals surface area contributed by atoms with Crippen LogP contribution in [-0.2, 0) is 16.6 Å². The number of rotatable bonds is 5. The molecule has 0 bridgehead atoms. The van der Waals surface area contributed by atoms with Gasteiger partial charge in [-0.1, -0.05) is 30.3 Å². The number of sulfonamides is 1. The van der Waals surface area contributed by atoms with E-state index in [1.807, 2.05) is 18.2 Å². The molecule has 128 valence electrons. The highest BCUT2D eigenvalue weighted by molar-refractivity contribution is 7.89. The number of benzene rings is 1. The van der Waals surface area contributed by atoms with Crippen LogP contribution in [0.2, 0.25) is 0 Å². The average molecular weight is 347 g/mol. The van der Waals surface area contributed by atoms with E-state index in [9.17, 15) is 8.42 Å². The third kappa shape index (κ3) is 4.28. The number of piperidine rings is 1. The summed E-state index contributed by atoms with van der Waals surface area (Å²) in [5.41, 5.74) is 6.66. The normalized spacial score (nSPS) is 17.0. The first-order valence-electron chi connectivity index (χ1n) is 7.89. The van der Waals surface area contributed by atoms with E-state index in [1.165, 1.54) is 18.0 Å². The van der Waals surface area contributed by atoms with Gasteiger partial charge in [0.05, 0.1) is 12.4 Å². The van der Waals surface area contributed by atoms with Crippen LogP contribution in [0.1, 0.15) is 18.4 Å². The summed E-state index contributed by atoms with van der Waals surface area (Å²) < 4.78 is 27.4. The molecule has 0 unspecified atom stereocenters.